The van der Waals surface area contributed by atoms with Crippen molar-refractivity contribution >= 4 is 28.3 Å². The van der Waals surface area contributed by atoms with Crippen LogP contribution in [0.2, 0.25) is 0 Å². The fourth-order valence-corrected chi connectivity index (χ4v) is 3.47. The van der Waals surface area contributed by atoms with Gasteiger partial charge in [-0.1, -0.05) is 31.5 Å². The van der Waals surface area contributed by atoms with Gasteiger partial charge in [-0.25, -0.2) is 4.98 Å². The molecule has 0 saturated heterocycles. The van der Waals surface area contributed by atoms with Gasteiger partial charge in [-0.3, -0.25) is 4.79 Å². The first-order valence-corrected chi connectivity index (χ1v) is 9.43. The van der Waals surface area contributed by atoms with Crippen molar-refractivity contribution in [3.8, 4) is 0 Å². The predicted octanol–water partition coefficient (Wildman–Crippen LogP) is 4.26. The summed E-state index contributed by atoms with van der Waals surface area (Å²) in [5, 5.41) is 4.91. The van der Waals surface area contributed by atoms with Crippen molar-refractivity contribution in [3.05, 3.63) is 52.5 Å². The Kier molecular flexibility index (Phi) is 5.64. The SMILES string of the molecule is CCCCn1c(CCCNC(=O)c2cccs2)nc2ccccc21. The molecule has 3 aromatic rings. The highest BCUT2D eigenvalue weighted by molar-refractivity contribution is 7.12. The summed E-state index contributed by atoms with van der Waals surface area (Å²) in [6, 6.07) is 12.1. The van der Waals surface area contributed by atoms with E-state index in [1.54, 1.807) is 0 Å². The zero-order valence-corrected chi connectivity index (χ0v) is 14.8. The number of rotatable bonds is 8. The number of aryl methyl sites for hydroxylation is 2. The summed E-state index contributed by atoms with van der Waals surface area (Å²) in [5.74, 6) is 1.14. The minimum Gasteiger partial charge on any atom is -0.351 e. The monoisotopic (exact) mass is 341 g/mol. The van der Waals surface area contributed by atoms with Crippen molar-refractivity contribution in [2.45, 2.75) is 39.2 Å². The van der Waals surface area contributed by atoms with Gasteiger partial charge in [0.1, 0.15) is 5.82 Å². The first-order valence-electron chi connectivity index (χ1n) is 8.55. The van der Waals surface area contributed by atoms with Gasteiger partial charge in [-0.15, -0.1) is 11.3 Å². The van der Waals surface area contributed by atoms with E-state index in [0.717, 1.165) is 42.0 Å². The Morgan fingerprint density at radius 1 is 1.21 bits per heavy atom. The third-order valence-electron chi connectivity index (χ3n) is 4.08. The first kappa shape index (κ1) is 16.7. The van der Waals surface area contributed by atoms with Crippen molar-refractivity contribution < 1.29 is 4.79 Å². The fraction of sp³-hybridized carbons (Fsp3) is 0.368. The van der Waals surface area contributed by atoms with E-state index in [1.807, 2.05) is 23.6 Å². The molecule has 1 N–H and O–H groups in total. The number of carbonyl (C=O) groups excluding carboxylic acids is 1. The van der Waals surface area contributed by atoms with E-state index in [1.165, 1.54) is 23.3 Å². The summed E-state index contributed by atoms with van der Waals surface area (Å²) in [6.45, 7) is 3.89. The molecule has 1 amide bonds. The highest BCUT2D eigenvalue weighted by atomic mass is 32.1. The zero-order chi connectivity index (χ0) is 16.8. The smallest absolute Gasteiger partial charge is 0.261 e. The lowest BCUT2D eigenvalue weighted by Crippen LogP contribution is -2.24. The minimum atomic E-state index is 0.0180. The number of unbranched alkanes of at least 4 members (excludes halogenated alkanes) is 1. The summed E-state index contributed by atoms with van der Waals surface area (Å²) >= 11 is 1.47. The number of amides is 1. The van der Waals surface area contributed by atoms with Gasteiger partial charge in [0.05, 0.1) is 15.9 Å². The first-order chi connectivity index (χ1) is 11.8. The standard InChI is InChI=1S/C19H23N3OS/c1-2-3-13-22-16-9-5-4-8-15(16)21-18(22)11-6-12-20-19(23)17-10-7-14-24-17/h4-5,7-10,14H,2-3,6,11-13H2,1H3,(H,20,23). The Morgan fingerprint density at radius 3 is 2.88 bits per heavy atom. The summed E-state index contributed by atoms with van der Waals surface area (Å²) in [4.78, 5) is 17.5. The number of carbonyl (C=O) groups is 1. The molecule has 3 rings (SSSR count). The molecule has 2 heterocycles. The van der Waals surface area contributed by atoms with Crippen LogP contribution in [0.25, 0.3) is 11.0 Å². The molecule has 0 bridgehead atoms. The van der Waals surface area contributed by atoms with Gasteiger partial charge in [0.15, 0.2) is 0 Å². The second-order valence-corrected chi connectivity index (χ2v) is 6.81. The van der Waals surface area contributed by atoms with Crippen LogP contribution in [-0.2, 0) is 13.0 Å². The lowest BCUT2D eigenvalue weighted by Gasteiger charge is -2.09. The Balaban J connectivity index is 1.61. The summed E-state index contributed by atoms with van der Waals surface area (Å²) in [5.41, 5.74) is 2.27. The van der Waals surface area contributed by atoms with E-state index in [4.69, 9.17) is 4.98 Å². The quantitative estimate of drug-likeness (QED) is 0.622. The van der Waals surface area contributed by atoms with Crippen molar-refractivity contribution in [2.24, 2.45) is 0 Å². The van der Waals surface area contributed by atoms with Crippen LogP contribution >= 0.6 is 11.3 Å². The number of fused-ring (bicyclic) bond motifs is 1. The second-order valence-electron chi connectivity index (χ2n) is 5.86. The lowest BCUT2D eigenvalue weighted by molar-refractivity contribution is 0.0957. The van der Waals surface area contributed by atoms with Crippen molar-refractivity contribution in [1.29, 1.82) is 0 Å². The zero-order valence-electron chi connectivity index (χ0n) is 14.0. The van der Waals surface area contributed by atoms with Gasteiger partial charge >= 0.3 is 0 Å². The molecule has 126 valence electrons. The van der Waals surface area contributed by atoms with Crippen molar-refractivity contribution in [1.82, 2.24) is 14.9 Å². The third kappa shape index (κ3) is 3.85. The number of nitrogens with one attached hydrogen (secondary N) is 1. The number of hydrogen-bond acceptors (Lipinski definition) is 3. The summed E-state index contributed by atoms with van der Waals surface area (Å²) in [7, 11) is 0. The molecule has 0 saturated carbocycles. The maximum atomic E-state index is 11.9. The van der Waals surface area contributed by atoms with Gasteiger partial charge in [0.25, 0.3) is 5.91 Å². The number of aromatic nitrogens is 2. The largest absolute Gasteiger partial charge is 0.351 e. The second kappa shape index (κ2) is 8.11. The molecule has 0 fully saturated rings. The number of thiophene rings is 1. The van der Waals surface area contributed by atoms with Crippen LogP contribution in [0.1, 0.15) is 41.7 Å². The maximum Gasteiger partial charge on any atom is 0.261 e. The van der Waals surface area contributed by atoms with Crippen LogP contribution in [0.5, 0.6) is 0 Å². The van der Waals surface area contributed by atoms with E-state index in [-0.39, 0.29) is 5.91 Å². The molecular formula is C19H23N3OS. The molecule has 0 spiro atoms. The van der Waals surface area contributed by atoms with Crippen LogP contribution in [0, 0.1) is 0 Å². The number of nitrogens with zero attached hydrogens (tertiary/aromatic N) is 2. The van der Waals surface area contributed by atoms with Gasteiger partial charge < -0.3 is 9.88 Å². The molecule has 2 aromatic heterocycles. The fourth-order valence-electron chi connectivity index (χ4n) is 2.83. The molecule has 0 radical (unpaired) electrons. The molecular weight excluding hydrogens is 318 g/mol. The molecule has 0 unspecified atom stereocenters. The van der Waals surface area contributed by atoms with Crippen LogP contribution in [0.15, 0.2) is 41.8 Å². The van der Waals surface area contributed by atoms with Gasteiger partial charge in [-0.2, -0.15) is 0 Å². The van der Waals surface area contributed by atoms with Crippen LogP contribution < -0.4 is 5.32 Å². The Bertz CT molecular complexity index is 792. The minimum absolute atomic E-state index is 0.0180. The molecule has 4 nitrogen and oxygen atoms in total. The average molecular weight is 341 g/mol. The Hall–Kier alpha value is -2.14. The molecule has 24 heavy (non-hydrogen) atoms. The molecule has 0 aliphatic heterocycles. The lowest BCUT2D eigenvalue weighted by atomic mass is 10.2. The van der Waals surface area contributed by atoms with Crippen LogP contribution in [-0.4, -0.2) is 22.0 Å². The Labute approximate surface area is 146 Å². The van der Waals surface area contributed by atoms with Crippen molar-refractivity contribution in [2.75, 3.05) is 6.54 Å². The molecule has 0 atom stereocenters. The highest BCUT2D eigenvalue weighted by Gasteiger charge is 2.10. The van der Waals surface area contributed by atoms with E-state index in [9.17, 15) is 4.79 Å². The van der Waals surface area contributed by atoms with Gasteiger partial charge in [-0.05, 0) is 36.4 Å². The van der Waals surface area contributed by atoms with E-state index in [2.05, 4.69) is 35.0 Å². The van der Waals surface area contributed by atoms with E-state index >= 15 is 0 Å². The predicted molar refractivity (Wildman–Crippen MR) is 99.6 cm³/mol. The normalized spacial score (nSPS) is 11.0. The summed E-state index contributed by atoms with van der Waals surface area (Å²) in [6.07, 6.45) is 4.10. The number of para-hydroxylation sites is 2. The maximum absolute atomic E-state index is 11.9. The van der Waals surface area contributed by atoms with Crippen molar-refractivity contribution in [3.63, 3.8) is 0 Å². The molecule has 0 aliphatic carbocycles. The van der Waals surface area contributed by atoms with Crippen LogP contribution in [0.4, 0.5) is 0 Å². The van der Waals surface area contributed by atoms with E-state index < -0.39 is 0 Å². The Morgan fingerprint density at radius 2 is 2.08 bits per heavy atom. The average Bonchev–Trinajstić information content (AvgIpc) is 3.24. The van der Waals surface area contributed by atoms with E-state index in [0.29, 0.717) is 6.54 Å². The molecule has 1 aromatic carbocycles. The number of benzene rings is 1. The highest BCUT2D eigenvalue weighted by Crippen LogP contribution is 2.18. The number of imidazole rings is 1. The van der Waals surface area contributed by atoms with Gasteiger partial charge in [0, 0.05) is 19.5 Å². The molecule has 5 heteroatoms. The summed E-state index contributed by atoms with van der Waals surface area (Å²) < 4.78 is 2.33. The molecule has 0 aliphatic rings. The third-order valence-corrected chi connectivity index (χ3v) is 4.95. The number of hydrogen-bond donors (Lipinski definition) is 1. The van der Waals surface area contributed by atoms with Crippen LogP contribution in [0.3, 0.4) is 0 Å². The topological polar surface area (TPSA) is 46.9 Å². The van der Waals surface area contributed by atoms with Gasteiger partial charge in [0.2, 0.25) is 0 Å².